The number of hydrogen-bond donors (Lipinski definition) is 0. The molecule has 0 radical (unpaired) electrons. The van der Waals surface area contributed by atoms with E-state index in [1.54, 1.807) is 0 Å². The summed E-state index contributed by atoms with van der Waals surface area (Å²) >= 11 is 0. The summed E-state index contributed by atoms with van der Waals surface area (Å²) in [6.45, 7) is 5.95. The maximum Gasteiger partial charge on any atom is 0.272 e. The van der Waals surface area contributed by atoms with Crippen LogP contribution in [0.4, 0.5) is 5.82 Å². The van der Waals surface area contributed by atoms with Gasteiger partial charge in [0.15, 0.2) is 5.82 Å². The van der Waals surface area contributed by atoms with Crippen LogP contribution in [0.25, 0.3) is 11.4 Å². The lowest BCUT2D eigenvalue weighted by Gasteiger charge is -2.31. The van der Waals surface area contributed by atoms with Crippen molar-refractivity contribution in [2.24, 2.45) is 5.92 Å². The van der Waals surface area contributed by atoms with E-state index in [9.17, 15) is 4.79 Å². The molecule has 0 N–H and O–H groups in total. The van der Waals surface area contributed by atoms with Gasteiger partial charge in [0.1, 0.15) is 11.5 Å². The fourth-order valence-corrected chi connectivity index (χ4v) is 4.10. The van der Waals surface area contributed by atoms with Gasteiger partial charge in [-0.3, -0.25) is 4.79 Å². The van der Waals surface area contributed by atoms with E-state index in [-0.39, 0.29) is 5.91 Å². The minimum Gasteiger partial charge on any atom is -0.356 e. The number of hydrogen-bond acceptors (Lipinski definition) is 4. The Morgan fingerprint density at radius 2 is 1.61 bits per heavy atom. The summed E-state index contributed by atoms with van der Waals surface area (Å²) in [5.74, 6) is 2.34. The highest BCUT2D eigenvalue weighted by molar-refractivity contribution is 5.93. The Bertz CT molecular complexity index is 792. The molecule has 2 fully saturated rings. The molecule has 4 rings (SSSR count). The highest BCUT2D eigenvalue weighted by Crippen LogP contribution is 2.25. The Labute approximate surface area is 167 Å². The first-order valence-corrected chi connectivity index (χ1v) is 10.7. The normalized spacial score (nSPS) is 18.8. The summed E-state index contributed by atoms with van der Waals surface area (Å²) in [5, 5.41) is 0. The zero-order valence-corrected chi connectivity index (χ0v) is 16.8. The second-order valence-corrected chi connectivity index (χ2v) is 8.18. The summed E-state index contributed by atoms with van der Waals surface area (Å²) in [6.07, 6.45) is 6.92. The molecule has 0 unspecified atom stereocenters. The first-order chi connectivity index (χ1) is 13.7. The molecule has 0 spiro atoms. The highest BCUT2D eigenvalue weighted by atomic mass is 16.2. The molecular weight excluding hydrogens is 348 g/mol. The number of likely N-dealkylation sites (tertiary alicyclic amines) is 1. The third-order valence-corrected chi connectivity index (χ3v) is 5.96. The number of piperidine rings is 1. The summed E-state index contributed by atoms with van der Waals surface area (Å²) in [6, 6.07) is 11.9. The van der Waals surface area contributed by atoms with Crippen LogP contribution in [-0.4, -0.2) is 47.0 Å². The van der Waals surface area contributed by atoms with Gasteiger partial charge in [0, 0.05) is 37.8 Å². The molecular formula is C23H30N4O. The lowest BCUT2D eigenvalue weighted by atomic mass is 9.99. The zero-order valence-electron chi connectivity index (χ0n) is 16.8. The van der Waals surface area contributed by atoms with Gasteiger partial charge < -0.3 is 9.80 Å². The topological polar surface area (TPSA) is 49.3 Å². The lowest BCUT2D eigenvalue weighted by molar-refractivity contribution is 0.0755. The molecule has 2 aliphatic heterocycles. The van der Waals surface area contributed by atoms with Crippen molar-refractivity contribution in [1.82, 2.24) is 14.9 Å². The van der Waals surface area contributed by atoms with Gasteiger partial charge in [-0.05, 0) is 31.6 Å². The quantitative estimate of drug-likeness (QED) is 0.794. The van der Waals surface area contributed by atoms with Crippen LogP contribution in [0.3, 0.4) is 0 Å². The van der Waals surface area contributed by atoms with E-state index < -0.39 is 0 Å². The number of carbonyl (C=O) groups is 1. The standard InChI is InChI=1S/C23H30N4O/c1-18-11-15-26(16-12-18)21-17-20(23(28)27-13-7-2-3-8-14-27)24-22(25-21)19-9-5-4-6-10-19/h4-6,9-10,17-18H,2-3,7-8,11-16H2,1H3. The van der Waals surface area contributed by atoms with Gasteiger partial charge in [0.05, 0.1) is 0 Å². The number of nitrogens with zero attached hydrogens (tertiary/aromatic N) is 4. The van der Waals surface area contributed by atoms with Crippen LogP contribution in [0.15, 0.2) is 36.4 Å². The van der Waals surface area contributed by atoms with Gasteiger partial charge in [0.2, 0.25) is 0 Å². The Morgan fingerprint density at radius 3 is 2.29 bits per heavy atom. The Morgan fingerprint density at radius 1 is 0.929 bits per heavy atom. The maximum atomic E-state index is 13.2. The van der Waals surface area contributed by atoms with Crippen LogP contribution >= 0.6 is 0 Å². The SMILES string of the molecule is CC1CCN(c2cc(C(=O)N3CCCCCC3)nc(-c3ccccc3)n2)CC1. The van der Waals surface area contributed by atoms with Gasteiger partial charge >= 0.3 is 0 Å². The highest BCUT2D eigenvalue weighted by Gasteiger charge is 2.23. The average molecular weight is 379 g/mol. The molecule has 1 aromatic heterocycles. The largest absolute Gasteiger partial charge is 0.356 e. The summed E-state index contributed by atoms with van der Waals surface area (Å²) in [4.78, 5) is 27.1. The Balaban J connectivity index is 1.68. The first kappa shape index (κ1) is 18.9. The van der Waals surface area contributed by atoms with Crippen molar-refractivity contribution < 1.29 is 4.79 Å². The van der Waals surface area contributed by atoms with E-state index in [4.69, 9.17) is 9.97 Å². The monoisotopic (exact) mass is 378 g/mol. The predicted molar refractivity (Wildman–Crippen MR) is 112 cm³/mol. The molecule has 28 heavy (non-hydrogen) atoms. The van der Waals surface area contributed by atoms with Gasteiger partial charge in [-0.2, -0.15) is 0 Å². The van der Waals surface area contributed by atoms with Crippen molar-refractivity contribution in [1.29, 1.82) is 0 Å². The molecule has 3 heterocycles. The Hall–Kier alpha value is -2.43. The second-order valence-electron chi connectivity index (χ2n) is 8.18. The Kier molecular flexibility index (Phi) is 5.89. The summed E-state index contributed by atoms with van der Waals surface area (Å²) in [5.41, 5.74) is 1.49. The minimum absolute atomic E-state index is 0.0492. The van der Waals surface area contributed by atoms with Crippen molar-refractivity contribution >= 4 is 11.7 Å². The molecule has 2 saturated heterocycles. The molecule has 0 aliphatic carbocycles. The van der Waals surface area contributed by atoms with Crippen LogP contribution < -0.4 is 4.90 Å². The predicted octanol–water partition coefficient (Wildman–Crippen LogP) is 4.40. The van der Waals surface area contributed by atoms with Gasteiger partial charge in [-0.1, -0.05) is 50.1 Å². The summed E-state index contributed by atoms with van der Waals surface area (Å²) < 4.78 is 0. The number of benzene rings is 1. The molecule has 0 saturated carbocycles. The number of carbonyl (C=O) groups excluding carboxylic acids is 1. The second kappa shape index (κ2) is 8.72. The molecule has 0 atom stereocenters. The molecule has 2 aliphatic rings. The van der Waals surface area contributed by atoms with E-state index in [0.717, 1.165) is 56.3 Å². The molecule has 0 bridgehead atoms. The molecule has 5 nitrogen and oxygen atoms in total. The third kappa shape index (κ3) is 4.34. The zero-order chi connectivity index (χ0) is 19.3. The van der Waals surface area contributed by atoms with Gasteiger partial charge in [-0.15, -0.1) is 0 Å². The van der Waals surface area contributed by atoms with E-state index >= 15 is 0 Å². The van der Waals surface area contributed by atoms with Crippen molar-refractivity contribution in [3.05, 3.63) is 42.1 Å². The molecule has 1 amide bonds. The number of rotatable bonds is 3. The average Bonchev–Trinajstić information content (AvgIpc) is 3.03. The van der Waals surface area contributed by atoms with Gasteiger partial charge in [-0.25, -0.2) is 9.97 Å². The molecule has 2 aromatic rings. The first-order valence-electron chi connectivity index (χ1n) is 10.7. The van der Waals surface area contributed by atoms with E-state index in [0.29, 0.717) is 11.5 Å². The van der Waals surface area contributed by atoms with Crippen LogP contribution in [-0.2, 0) is 0 Å². The number of amides is 1. The van der Waals surface area contributed by atoms with Crippen molar-refractivity contribution in [3.8, 4) is 11.4 Å². The molecule has 148 valence electrons. The van der Waals surface area contributed by atoms with Crippen LogP contribution in [0.2, 0.25) is 0 Å². The lowest BCUT2D eigenvalue weighted by Crippen LogP contribution is -2.35. The van der Waals surface area contributed by atoms with Crippen molar-refractivity contribution in [2.75, 3.05) is 31.1 Å². The van der Waals surface area contributed by atoms with Crippen LogP contribution in [0, 0.1) is 5.92 Å². The van der Waals surface area contributed by atoms with E-state index in [1.807, 2.05) is 41.3 Å². The van der Waals surface area contributed by atoms with Gasteiger partial charge in [0.25, 0.3) is 5.91 Å². The van der Waals surface area contributed by atoms with Crippen LogP contribution in [0.1, 0.15) is 55.9 Å². The van der Waals surface area contributed by atoms with E-state index in [2.05, 4.69) is 11.8 Å². The molecule has 1 aromatic carbocycles. The molecule has 5 heteroatoms. The number of aromatic nitrogens is 2. The smallest absolute Gasteiger partial charge is 0.272 e. The van der Waals surface area contributed by atoms with Crippen molar-refractivity contribution in [3.63, 3.8) is 0 Å². The number of anilines is 1. The fraction of sp³-hybridized carbons (Fsp3) is 0.522. The fourth-order valence-electron chi connectivity index (χ4n) is 4.10. The third-order valence-electron chi connectivity index (χ3n) is 5.96. The van der Waals surface area contributed by atoms with Crippen molar-refractivity contribution in [2.45, 2.75) is 45.4 Å². The van der Waals surface area contributed by atoms with Crippen LogP contribution in [0.5, 0.6) is 0 Å². The maximum absolute atomic E-state index is 13.2. The minimum atomic E-state index is 0.0492. The summed E-state index contributed by atoms with van der Waals surface area (Å²) in [7, 11) is 0. The van der Waals surface area contributed by atoms with E-state index in [1.165, 1.54) is 25.7 Å².